The van der Waals surface area contributed by atoms with Gasteiger partial charge in [-0.3, -0.25) is 4.90 Å². The molecule has 2 amide bonds. The number of nitrogens with one attached hydrogen (secondary N) is 1. The molecule has 1 aliphatic rings. The zero-order valence-corrected chi connectivity index (χ0v) is 18.7. The van der Waals surface area contributed by atoms with Gasteiger partial charge in [-0.1, -0.05) is 23.8 Å². The lowest BCUT2D eigenvalue weighted by Crippen LogP contribution is -2.47. The van der Waals surface area contributed by atoms with Gasteiger partial charge in [0.2, 0.25) is 0 Å². The molecule has 0 unspecified atom stereocenters. The molecule has 1 N–H and O–H groups in total. The summed E-state index contributed by atoms with van der Waals surface area (Å²) in [5.74, 6) is 0.900. The van der Waals surface area contributed by atoms with E-state index in [1.165, 1.54) is 16.7 Å². The smallest absolute Gasteiger partial charge is 0.318 e. The van der Waals surface area contributed by atoms with Crippen molar-refractivity contribution < 1.29 is 9.53 Å². The number of hydrogen-bond donors (Lipinski definition) is 1. The van der Waals surface area contributed by atoms with Crippen molar-refractivity contribution in [2.24, 2.45) is 0 Å². The van der Waals surface area contributed by atoms with Crippen LogP contribution in [0, 0.1) is 13.8 Å². The van der Waals surface area contributed by atoms with E-state index in [0.717, 1.165) is 45.2 Å². The van der Waals surface area contributed by atoms with E-state index in [9.17, 15) is 4.79 Å². The molecule has 1 saturated heterocycles. The summed E-state index contributed by atoms with van der Waals surface area (Å²) in [5.41, 5.74) is 3.79. The molecule has 1 aromatic heterocycles. The van der Waals surface area contributed by atoms with E-state index in [0.29, 0.717) is 13.1 Å². The standard InChI is InChI=1S/C23H35N5O2/c1-18(2)25-23(29)28(10-9-26-11-13-30-14-12-26)17-22-24-7-8-27(22)16-21-15-19(3)5-6-20(21)4/h5-8,15,18H,9-14,16-17H2,1-4H3,(H,25,29). The van der Waals surface area contributed by atoms with Gasteiger partial charge < -0.3 is 19.5 Å². The molecular weight excluding hydrogens is 378 g/mol. The van der Waals surface area contributed by atoms with Crippen LogP contribution in [0.15, 0.2) is 30.6 Å². The number of carbonyl (C=O) groups excluding carboxylic acids is 1. The van der Waals surface area contributed by atoms with Crippen LogP contribution < -0.4 is 5.32 Å². The lowest BCUT2D eigenvalue weighted by atomic mass is 10.1. The third-order valence-electron chi connectivity index (χ3n) is 5.47. The second kappa shape index (κ2) is 10.6. The largest absolute Gasteiger partial charge is 0.379 e. The van der Waals surface area contributed by atoms with Gasteiger partial charge in [0.05, 0.1) is 19.8 Å². The molecule has 0 radical (unpaired) electrons. The van der Waals surface area contributed by atoms with Crippen molar-refractivity contribution in [1.82, 2.24) is 24.7 Å². The van der Waals surface area contributed by atoms with E-state index in [2.05, 4.69) is 51.8 Å². The topological polar surface area (TPSA) is 62.6 Å². The van der Waals surface area contributed by atoms with Gasteiger partial charge in [-0.05, 0) is 38.8 Å². The number of rotatable bonds is 8. The van der Waals surface area contributed by atoms with E-state index in [-0.39, 0.29) is 12.1 Å². The predicted molar refractivity (Wildman–Crippen MR) is 119 cm³/mol. The molecule has 164 valence electrons. The first-order valence-corrected chi connectivity index (χ1v) is 10.8. The number of nitrogens with zero attached hydrogens (tertiary/aromatic N) is 4. The fourth-order valence-corrected chi connectivity index (χ4v) is 3.64. The van der Waals surface area contributed by atoms with Crippen molar-refractivity contribution in [1.29, 1.82) is 0 Å². The van der Waals surface area contributed by atoms with Gasteiger partial charge in [0, 0.05) is 51.2 Å². The molecule has 0 saturated carbocycles. The van der Waals surface area contributed by atoms with E-state index >= 15 is 0 Å². The van der Waals surface area contributed by atoms with E-state index < -0.39 is 0 Å². The molecule has 0 spiro atoms. The molecule has 1 aliphatic heterocycles. The van der Waals surface area contributed by atoms with Crippen molar-refractivity contribution in [2.45, 2.75) is 46.8 Å². The molecule has 3 rings (SSSR count). The van der Waals surface area contributed by atoms with Crippen LogP contribution in [-0.2, 0) is 17.8 Å². The lowest BCUT2D eigenvalue weighted by Gasteiger charge is -2.30. The highest BCUT2D eigenvalue weighted by Crippen LogP contribution is 2.14. The summed E-state index contributed by atoms with van der Waals surface area (Å²) in [6.07, 6.45) is 3.82. The molecule has 1 aromatic carbocycles. The maximum absolute atomic E-state index is 12.9. The lowest BCUT2D eigenvalue weighted by molar-refractivity contribution is 0.0345. The Morgan fingerprint density at radius 3 is 2.77 bits per heavy atom. The zero-order valence-electron chi connectivity index (χ0n) is 18.7. The van der Waals surface area contributed by atoms with Crippen molar-refractivity contribution in [3.05, 3.63) is 53.1 Å². The predicted octanol–water partition coefficient (Wildman–Crippen LogP) is 2.80. The maximum atomic E-state index is 12.9. The van der Waals surface area contributed by atoms with Gasteiger partial charge in [-0.25, -0.2) is 9.78 Å². The third kappa shape index (κ3) is 6.31. The first-order chi connectivity index (χ1) is 14.4. The zero-order chi connectivity index (χ0) is 21.5. The highest BCUT2D eigenvalue weighted by atomic mass is 16.5. The number of imidazole rings is 1. The quantitative estimate of drug-likeness (QED) is 0.723. The van der Waals surface area contributed by atoms with Crippen LogP contribution in [0.5, 0.6) is 0 Å². The summed E-state index contributed by atoms with van der Waals surface area (Å²) in [4.78, 5) is 21.6. The normalized spacial score (nSPS) is 14.8. The Hall–Kier alpha value is -2.38. The van der Waals surface area contributed by atoms with E-state index in [1.807, 2.05) is 31.1 Å². The van der Waals surface area contributed by atoms with Crippen LogP contribution >= 0.6 is 0 Å². The highest BCUT2D eigenvalue weighted by Gasteiger charge is 2.19. The highest BCUT2D eigenvalue weighted by molar-refractivity contribution is 5.74. The Labute approximate surface area is 180 Å². The molecule has 0 aliphatic carbocycles. The van der Waals surface area contributed by atoms with Crippen molar-refractivity contribution in [2.75, 3.05) is 39.4 Å². The molecule has 0 bridgehead atoms. The number of hydrogen-bond acceptors (Lipinski definition) is 4. The van der Waals surface area contributed by atoms with Crippen LogP contribution in [0.3, 0.4) is 0 Å². The molecule has 2 heterocycles. The average molecular weight is 414 g/mol. The van der Waals surface area contributed by atoms with Crippen molar-refractivity contribution in [3.63, 3.8) is 0 Å². The number of carbonyl (C=O) groups is 1. The van der Waals surface area contributed by atoms with Crippen LogP contribution in [0.4, 0.5) is 4.79 Å². The minimum Gasteiger partial charge on any atom is -0.379 e. The number of urea groups is 1. The molecule has 0 atom stereocenters. The van der Waals surface area contributed by atoms with Gasteiger partial charge in [0.1, 0.15) is 5.82 Å². The van der Waals surface area contributed by atoms with Gasteiger partial charge in [-0.15, -0.1) is 0 Å². The second-order valence-corrected chi connectivity index (χ2v) is 8.38. The molecule has 2 aromatic rings. The summed E-state index contributed by atoms with van der Waals surface area (Å²) in [6.45, 7) is 14.3. The maximum Gasteiger partial charge on any atom is 0.318 e. The Morgan fingerprint density at radius 2 is 2.03 bits per heavy atom. The van der Waals surface area contributed by atoms with Crippen LogP contribution in [0.1, 0.15) is 36.4 Å². The van der Waals surface area contributed by atoms with Gasteiger partial charge in [-0.2, -0.15) is 0 Å². The van der Waals surface area contributed by atoms with Gasteiger partial charge in [0.15, 0.2) is 0 Å². The Bertz CT molecular complexity index is 827. The first-order valence-electron chi connectivity index (χ1n) is 10.8. The molecule has 1 fully saturated rings. The number of aryl methyl sites for hydroxylation is 2. The first kappa shape index (κ1) is 22.3. The second-order valence-electron chi connectivity index (χ2n) is 8.38. The monoisotopic (exact) mass is 413 g/mol. The molecule has 7 heteroatoms. The van der Waals surface area contributed by atoms with E-state index in [4.69, 9.17) is 4.74 Å². The molecular formula is C23H35N5O2. The van der Waals surface area contributed by atoms with E-state index in [1.54, 1.807) is 0 Å². The minimum atomic E-state index is -0.0421. The van der Waals surface area contributed by atoms with Crippen molar-refractivity contribution >= 4 is 6.03 Å². The number of aromatic nitrogens is 2. The molecule has 7 nitrogen and oxygen atoms in total. The summed E-state index contributed by atoms with van der Waals surface area (Å²) >= 11 is 0. The van der Waals surface area contributed by atoms with Crippen molar-refractivity contribution in [3.8, 4) is 0 Å². The van der Waals surface area contributed by atoms with Crippen LogP contribution in [0.2, 0.25) is 0 Å². The Balaban J connectivity index is 1.71. The average Bonchev–Trinajstić information content (AvgIpc) is 3.14. The number of morpholine rings is 1. The summed E-state index contributed by atoms with van der Waals surface area (Å²) in [6, 6.07) is 6.57. The van der Waals surface area contributed by atoms with Crippen LogP contribution in [0.25, 0.3) is 0 Å². The summed E-state index contributed by atoms with van der Waals surface area (Å²) in [5, 5.41) is 3.04. The Morgan fingerprint density at radius 1 is 1.27 bits per heavy atom. The molecule has 30 heavy (non-hydrogen) atoms. The fourth-order valence-electron chi connectivity index (χ4n) is 3.64. The SMILES string of the molecule is Cc1ccc(C)c(Cn2ccnc2CN(CCN2CCOCC2)C(=O)NC(C)C)c1. The fraction of sp³-hybridized carbons (Fsp3) is 0.565. The minimum absolute atomic E-state index is 0.0421. The number of ether oxygens (including phenoxy) is 1. The number of amides is 2. The number of benzene rings is 1. The Kier molecular flexibility index (Phi) is 7.87. The third-order valence-corrected chi connectivity index (χ3v) is 5.47. The summed E-state index contributed by atoms with van der Waals surface area (Å²) in [7, 11) is 0. The van der Waals surface area contributed by atoms with Gasteiger partial charge in [0.25, 0.3) is 0 Å². The van der Waals surface area contributed by atoms with Gasteiger partial charge >= 0.3 is 6.03 Å². The summed E-state index contributed by atoms with van der Waals surface area (Å²) < 4.78 is 7.58. The van der Waals surface area contributed by atoms with Crippen LogP contribution in [-0.4, -0.2) is 70.8 Å².